The van der Waals surface area contributed by atoms with Gasteiger partial charge in [-0.25, -0.2) is 9.97 Å². The van der Waals surface area contributed by atoms with E-state index < -0.39 is 0 Å². The summed E-state index contributed by atoms with van der Waals surface area (Å²) >= 11 is 0. The van der Waals surface area contributed by atoms with Crippen LogP contribution in [0.25, 0.3) is 0 Å². The van der Waals surface area contributed by atoms with Crippen molar-refractivity contribution in [3.8, 4) is 0 Å². The summed E-state index contributed by atoms with van der Waals surface area (Å²) in [4.78, 5) is 25.8. The average Bonchev–Trinajstić information content (AvgIpc) is 2.54. The van der Waals surface area contributed by atoms with Gasteiger partial charge in [0.05, 0.1) is 5.92 Å². The van der Waals surface area contributed by atoms with Crippen LogP contribution in [0.3, 0.4) is 0 Å². The highest BCUT2D eigenvalue weighted by Crippen LogP contribution is 2.26. The maximum Gasteiger partial charge on any atom is 0.227 e. The van der Waals surface area contributed by atoms with Crippen molar-refractivity contribution in [2.24, 2.45) is 17.8 Å². The van der Waals surface area contributed by atoms with Crippen molar-refractivity contribution in [3.05, 3.63) is 18.5 Å². The molecule has 0 spiro atoms. The van der Waals surface area contributed by atoms with Crippen LogP contribution < -0.4 is 4.90 Å². The molecular formula is C17H26N4O. The quantitative estimate of drug-likeness (QED) is 0.840. The van der Waals surface area contributed by atoms with Gasteiger partial charge >= 0.3 is 0 Å². The number of hydrogen-bond acceptors (Lipinski definition) is 4. The Balaban J connectivity index is 1.65. The van der Waals surface area contributed by atoms with Crippen molar-refractivity contribution in [3.63, 3.8) is 0 Å². The van der Waals surface area contributed by atoms with Gasteiger partial charge in [-0.05, 0) is 37.2 Å². The summed E-state index contributed by atoms with van der Waals surface area (Å²) in [6.07, 6.45) is 6.79. The monoisotopic (exact) mass is 302 g/mol. The Kier molecular flexibility index (Phi) is 4.60. The zero-order valence-electron chi connectivity index (χ0n) is 13.6. The van der Waals surface area contributed by atoms with E-state index in [1.165, 1.54) is 6.42 Å². The molecule has 22 heavy (non-hydrogen) atoms. The summed E-state index contributed by atoms with van der Waals surface area (Å²) in [7, 11) is 0. The highest BCUT2D eigenvalue weighted by Gasteiger charge is 2.33. The molecule has 0 N–H and O–H groups in total. The van der Waals surface area contributed by atoms with Crippen molar-refractivity contribution in [2.45, 2.75) is 33.1 Å². The van der Waals surface area contributed by atoms with Crippen LogP contribution in [-0.2, 0) is 4.79 Å². The van der Waals surface area contributed by atoms with Crippen LogP contribution in [0.4, 0.5) is 5.95 Å². The van der Waals surface area contributed by atoms with Gasteiger partial charge in [-0.15, -0.1) is 0 Å². The number of carbonyl (C=O) groups is 1. The Morgan fingerprint density at radius 3 is 2.50 bits per heavy atom. The van der Waals surface area contributed by atoms with Crippen molar-refractivity contribution in [2.75, 3.05) is 31.1 Å². The first-order valence-electron chi connectivity index (χ1n) is 8.44. The van der Waals surface area contributed by atoms with Gasteiger partial charge in [0.15, 0.2) is 0 Å². The standard InChI is InChI=1S/C17H26N4O/c1-13-9-14(2)11-21(10-13)16(22)15-5-3-8-20(12-15)17-18-6-4-7-19-17/h4,6-7,13-15H,3,5,8-12H2,1-2H3. The third-order valence-corrected chi connectivity index (χ3v) is 4.79. The van der Waals surface area contributed by atoms with E-state index in [-0.39, 0.29) is 5.92 Å². The molecule has 3 heterocycles. The van der Waals surface area contributed by atoms with Gasteiger partial charge in [0, 0.05) is 38.6 Å². The fourth-order valence-electron chi connectivity index (χ4n) is 3.92. The largest absolute Gasteiger partial charge is 0.342 e. The SMILES string of the molecule is CC1CC(C)CN(C(=O)C2CCCN(c3ncccn3)C2)C1. The first-order chi connectivity index (χ1) is 10.6. The molecule has 1 aromatic heterocycles. The molecule has 0 saturated carbocycles. The fourth-order valence-corrected chi connectivity index (χ4v) is 3.92. The summed E-state index contributed by atoms with van der Waals surface area (Å²) in [5.74, 6) is 2.41. The number of anilines is 1. The lowest BCUT2D eigenvalue weighted by molar-refractivity contribution is -0.138. The summed E-state index contributed by atoms with van der Waals surface area (Å²) in [5, 5.41) is 0. The highest BCUT2D eigenvalue weighted by atomic mass is 16.2. The minimum atomic E-state index is 0.0926. The molecule has 2 saturated heterocycles. The van der Waals surface area contributed by atoms with E-state index in [9.17, 15) is 4.79 Å². The molecule has 1 amide bonds. The number of nitrogens with zero attached hydrogens (tertiary/aromatic N) is 4. The lowest BCUT2D eigenvalue weighted by Crippen LogP contribution is -2.49. The normalized spacial score (nSPS) is 29.5. The Bertz CT molecular complexity index is 497. The number of amides is 1. The lowest BCUT2D eigenvalue weighted by atomic mass is 9.89. The molecule has 3 rings (SSSR count). The van der Waals surface area contributed by atoms with Gasteiger partial charge in [-0.1, -0.05) is 13.8 Å². The molecule has 2 aliphatic rings. The van der Waals surface area contributed by atoms with E-state index in [1.54, 1.807) is 12.4 Å². The first-order valence-corrected chi connectivity index (χ1v) is 8.44. The average molecular weight is 302 g/mol. The smallest absolute Gasteiger partial charge is 0.227 e. The number of aromatic nitrogens is 2. The minimum absolute atomic E-state index is 0.0926. The van der Waals surface area contributed by atoms with Gasteiger partial charge in [-0.2, -0.15) is 0 Å². The molecule has 2 aliphatic heterocycles. The van der Waals surface area contributed by atoms with E-state index in [4.69, 9.17) is 0 Å². The molecule has 0 aromatic carbocycles. The molecule has 0 bridgehead atoms. The molecule has 5 nitrogen and oxygen atoms in total. The second-order valence-electron chi connectivity index (χ2n) is 7.02. The zero-order chi connectivity index (χ0) is 15.5. The fraction of sp³-hybridized carbons (Fsp3) is 0.706. The molecular weight excluding hydrogens is 276 g/mol. The van der Waals surface area contributed by atoms with Crippen LogP contribution in [0.15, 0.2) is 18.5 Å². The van der Waals surface area contributed by atoms with Gasteiger partial charge in [0.2, 0.25) is 11.9 Å². The zero-order valence-corrected chi connectivity index (χ0v) is 13.6. The van der Waals surface area contributed by atoms with Crippen molar-refractivity contribution in [1.29, 1.82) is 0 Å². The van der Waals surface area contributed by atoms with Crippen LogP contribution >= 0.6 is 0 Å². The Labute approximate surface area is 132 Å². The van der Waals surface area contributed by atoms with Crippen LogP contribution in [0.1, 0.15) is 33.1 Å². The maximum absolute atomic E-state index is 12.9. The number of hydrogen-bond donors (Lipinski definition) is 0. The van der Waals surface area contributed by atoms with E-state index in [0.29, 0.717) is 17.7 Å². The summed E-state index contributed by atoms with van der Waals surface area (Å²) in [5.41, 5.74) is 0. The molecule has 0 aliphatic carbocycles. The molecule has 120 valence electrons. The molecule has 3 unspecified atom stereocenters. The predicted octanol–water partition coefficient (Wildman–Crippen LogP) is 2.20. The van der Waals surface area contributed by atoms with E-state index in [1.807, 2.05) is 6.07 Å². The van der Waals surface area contributed by atoms with Gasteiger partial charge in [0.1, 0.15) is 0 Å². The van der Waals surface area contributed by atoms with Crippen molar-refractivity contribution < 1.29 is 4.79 Å². The maximum atomic E-state index is 12.9. The Morgan fingerprint density at radius 2 is 1.82 bits per heavy atom. The number of likely N-dealkylation sites (tertiary alicyclic amines) is 1. The van der Waals surface area contributed by atoms with Gasteiger partial charge in [0.25, 0.3) is 0 Å². The summed E-state index contributed by atoms with van der Waals surface area (Å²) in [6, 6.07) is 1.83. The topological polar surface area (TPSA) is 49.3 Å². The first kappa shape index (κ1) is 15.3. The minimum Gasteiger partial charge on any atom is -0.342 e. The van der Waals surface area contributed by atoms with Gasteiger partial charge in [-0.3, -0.25) is 4.79 Å². The van der Waals surface area contributed by atoms with E-state index in [2.05, 4.69) is 33.6 Å². The Hall–Kier alpha value is -1.65. The van der Waals surface area contributed by atoms with Crippen LogP contribution in [0, 0.1) is 17.8 Å². The molecule has 0 radical (unpaired) electrons. The van der Waals surface area contributed by atoms with Crippen LogP contribution in [0.2, 0.25) is 0 Å². The van der Waals surface area contributed by atoms with Gasteiger partial charge < -0.3 is 9.80 Å². The number of carbonyl (C=O) groups excluding carboxylic acids is 1. The predicted molar refractivity (Wildman–Crippen MR) is 86.5 cm³/mol. The summed E-state index contributed by atoms with van der Waals surface area (Å²) in [6.45, 7) is 8.04. The number of rotatable bonds is 2. The molecule has 3 atom stereocenters. The second-order valence-corrected chi connectivity index (χ2v) is 7.02. The molecule has 5 heteroatoms. The highest BCUT2D eigenvalue weighted by molar-refractivity contribution is 5.79. The lowest BCUT2D eigenvalue weighted by Gasteiger charge is -2.39. The van der Waals surface area contributed by atoms with Crippen LogP contribution in [-0.4, -0.2) is 47.0 Å². The van der Waals surface area contributed by atoms with Crippen molar-refractivity contribution >= 4 is 11.9 Å². The summed E-state index contributed by atoms with van der Waals surface area (Å²) < 4.78 is 0. The molecule has 2 fully saturated rings. The third-order valence-electron chi connectivity index (χ3n) is 4.79. The van der Waals surface area contributed by atoms with Crippen LogP contribution in [0.5, 0.6) is 0 Å². The van der Waals surface area contributed by atoms with Crippen molar-refractivity contribution in [1.82, 2.24) is 14.9 Å². The Morgan fingerprint density at radius 1 is 1.14 bits per heavy atom. The van der Waals surface area contributed by atoms with E-state index >= 15 is 0 Å². The number of piperidine rings is 2. The van der Waals surface area contributed by atoms with E-state index in [0.717, 1.165) is 45.0 Å². The second kappa shape index (κ2) is 6.63. The third kappa shape index (κ3) is 3.39. The molecule has 1 aromatic rings.